The van der Waals surface area contributed by atoms with Crippen LogP contribution in [0.2, 0.25) is 0 Å². The molecule has 0 unspecified atom stereocenters. The molecule has 0 spiro atoms. The summed E-state index contributed by atoms with van der Waals surface area (Å²) in [5.74, 6) is -2.25. The quantitative estimate of drug-likeness (QED) is 0.554. The Morgan fingerprint density at radius 2 is 1.89 bits per heavy atom. The molecule has 2 aromatic carbocycles. The van der Waals surface area contributed by atoms with Crippen LogP contribution in [-0.2, 0) is 24.4 Å². The normalized spacial score (nSPS) is 11.3. The molecule has 0 saturated heterocycles. The predicted octanol–water partition coefficient (Wildman–Crippen LogP) is 2.11. The molecule has 28 heavy (non-hydrogen) atoms. The number of nitrogens with zero attached hydrogens (tertiary/aromatic N) is 1. The van der Waals surface area contributed by atoms with Crippen LogP contribution in [0.5, 0.6) is 0 Å². The van der Waals surface area contributed by atoms with Crippen molar-refractivity contribution < 1.29 is 32.0 Å². The van der Waals surface area contributed by atoms with Crippen LogP contribution in [0.25, 0.3) is 0 Å². The molecule has 150 valence electrons. The fourth-order valence-corrected chi connectivity index (χ4v) is 3.17. The molecule has 0 saturated carbocycles. The number of amides is 1. The van der Waals surface area contributed by atoms with E-state index in [9.17, 15) is 22.4 Å². The summed E-state index contributed by atoms with van der Waals surface area (Å²) in [5.41, 5.74) is 0.582. The Balaban J connectivity index is 2.03. The molecule has 0 aromatic heterocycles. The van der Waals surface area contributed by atoms with Crippen LogP contribution in [0.15, 0.2) is 47.4 Å². The first-order valence-electron chi connectivity index (χ1n) is 8.01. The van der Waals surface area contributed by atoms with Crippen molar-refractivity contribution in [2.75, 3.05) is 26.1 Å². The van der Waals surface area contributed by atoms with Crippen molar-refractivity contribution >= 4 is 27.6 Å². The van der Waals surface area contributed by atoms with Crippen LogP contribution in [0.3, 0.4) is 0 Å². The fraction of sp³-hybridized carbons (Fsp3) is 0.222. The summed E-state index contributed by atoms with van der Waals surface area (Å²) >= 11 is 0. The van der Waals surface area contributed by atoms with Crippen LogP contribution < -0.4 is 5.32 Å². The number of hydroxylamine groups is 1. The molecule has 0 atom stereocenters. The molecule has 2 aromatic rings. The summed E-state index contributed by atoms with van der Waals surface area (Å²) in [6.07, 6.45) is 0. The third-order valence-electron chi connectivity index (χ3n) is 3.70. The SMILES string of the molecule is CON(C)S(=O)(=O)c1cccc(C(=O)OCC(=O)Nc2ccc(C)cc2F)c1. The van der Waals surface area contributed by atoms with E-state index >= 15 is 0 Å². The van der Waals surface area contributed by atoms with Crippen molar-refractivity contribution in [3.8, 4) is 0 Å². The maximum Gasteiger partial charge on any atom is 0.338 e. The maximum absolute atomic E-state index is 13.7. The molecule has 0 fully saturated rings. The summed E-state index contributed by atoms with van der Waals surface area (Å²) in [4.78, 5) is 28.5. The number of rotatable bonds is 7. The van der Waals surface area contributed by atoms with Gasteiger partial charge < -0.3 is 10.1 Å². The van der Waals surface area contributed by atoms with E-state index in [1.807, 2.05) is 0 Å². The summed E-state index contributed by atoms with van der Waals surface area (Å²) < 4.78 is 43.7. The van der Waals surface area contributed by atoms with Gasteiger partial charge in [-0.3, -0.25) is 9.63 Å². The molecular formula is C18H19FN2O6S. The number of esters is 1. The van der Waals surface area contributed by atoms with Crippen LogP contribution >= 0.6 is 0 Å². The number of anilines is 1. The van der Waals surface area contributed by atoms with Crippen molar-refractivity contribution in [3.63, 3.8) is 0 Å². The molecule has 0 radical (unpaired) electrons. The van der Waals surface area contributed by atoms with Crippen molar-refractivity contribution in [3.05, 3.63) is 59.4 Å². The lowest BCUT2D eigenvalue weighted by atomic mass is 10.2. The first kappa shape index (κ1) is 21.5. The topological polar surface area (TPSA) is 102 Å². The number of hydrogen-bond acceptors (Lipinski definition) is 6. The lowest BCUT2D eigenvalue weighted by Gasteiger charge is -2.14. The number of halogens is 1. The van der Waals surface area contributed by atoms with E-state index in [1.165, 1.54) is 44.5 Å². The van der Waals surface area contributed by atoms with Gasteiger partial charge in [0.15, 0.2) is 6.61 Å². The van der Waals surface area contributed by atoms with Gasteiger partial charge >= 0.3 is 5.97 Å². The van der Waals surface area contributed by atoms with Crippen molar-refractivity contribution in [1.29, 1.82) is 0 Å². The Bertz CT molecular complexity index is 993. The van der Waals surface area contributed by atoms with Crippen LogP contribution in [0, 0.1) is 12.7 Å². The lowest BCUT2D eigenvalue weighted by Crippen LogP contribution is -2.26. The van der Waals surface area contributed by atoms with E-state index in [2.05, 4.69) is 10.2 Å². The molecule has 1 amide bonds. The van der Waals surface area contributed by atoms with E-state index in [-0.39, 0.29) is 16.1 Å². The second-order valence-electron chi connectivity index (χ2n) is 5.73. The zero-order valence-corrected chi connectivity index (χ0v) is 16.2. The molecular weight excluding hydrogens is 391 g/mol. The molecule has 0 aliphatic carbocycles. The number of hydrogen-bond donors (Lipinski definition) is 1. The molecule has 1 N–H and O–H groups in total. The molecule has 0 heterocycles. The Hall–Kier alpha value is -2.82. The van der Waals surface area contributed by atoms with E-state index in [0.29, 0.717) is 10.0 Å². The largest absolute Gasteiger partial charge is 0.452 e. The van der Waals surface area contributed by atoms with Gasteiger partial charge in [0.1, 0.15) is 5.82 Å². The van der Waals surface area contributed by atoms with Gasteiger partial charge in [0.2, 0.25) is 0 Å². The fourth-order valence-electron chi connectivity index (χ4n) is 2.15. The highest BCUT2D eigenvalue weighted by atomic mass is 32.2. The highest BCUT2D eigenvalue weighted by molar-refractivity contribution is 7.89. The van der Waals surface area contributed by atoms with Gasteiger partial charge in [0.05, 0.1) is 23.3 Å². The molecule has 2 rings (SSSR count). The van der Waals surface area contributed by atoms with E-state index in [0.717, 1.165) is 6.07 Å². The van der Waals surface area contributed by atoms with Gasteiger partial charge in [0, 0.05) is 7.05 Å². The molecule has 10 heteroatoms. The molecule has 8 nitrogen and oxygen atoms in total. The number of ether oxygens (including phenoxy) is 1. The number of sulfonamides is 1. The minimum Gasteiger partial charge on any atom is -0.452 e. The van der Waals surface area contributed by atoms with Gasteiger partial charge in [-0.25, -0.2) is 17.6 Å². The van der Waals surface area contributed by atoms with Crippen molar-refractivity contribution in [1.82, 2.24) is 4.47 Å². The number of carbonyl (C=O) groups is 2. The third kappa shape index (κ3) is 5.12. The van der Waals surface area contributed by atoms with Gasteiger partial charge in [0.25, 0.3) is 15.9 Å². The Labute approximate surface area is 161 Å². The number of aryl methyl sites for hydroxylation is 1. The zero-order chi connectivity index (χ0) is 20.9. The van der Waals surface area contributed by atoms with Gasteiger partial charge in [-0.05, 0) is 42.8 Å². The summed E-state index contributed by atoms with van der Waals surface area (Å²) in [6.45, 7) is 1.04. The second kappa shape index (κ2) is 8.91. The Morgan fingerprint density at radius 3 is 2.54 bits per heavy atom. The smallest absolute Gasteiger partial charge is 0.338 e. The summed E-state index contributed by atoms with van der Waals surface area (Å²) in [6, 6.07) is 9.35. The minimum absolute atomic E-state index is 0.0395. The average molecular weight is 410 g/mol. The number of carbonyl (C=O) groups excluding carboxylic acids is 2. The van der Waals surface area contributed by atoms with E-state index in [4.69, 9.17) is 4.74 Å². The van der Waals surface area contributed by atoms with Crippen LogP contribution in [0.1, 0.15) is 15.9 Å². The summed E-state index contributed by atoms with van der Waals surface area (Å²) in [7, 11) is -1.55. The summed E-state index contributed by atoms with van der Waals surface area (Å²) in [5, 5.41) is 2.29. The first-order chi connectivity index (χ1) is 13.1. The van der Waals surface area contributed by atoms with Gasteiger partial charge in [-0.2, -0.15) is 0 Å². The maximum atomic E-state index is 13.7. The third-order valence-corrected chi connectivity index (χ3v) is 5.37. The first-order valence-corrected chi connectivity index (χ1v) is 9.45. The van der Waals surface area contributed by atoms with Gasteiger partial charge in [-0.15, -0.1) is 0 Å². The van der Waals surface area contributed by atoms with E-state index < -0.39 is 34.3 Å². The Kier molecular flexibility index (Phi) is 6.84. The lowest BCUT2D eigenvalue weighted by molar-refractivity contribution is -0.119. The number of nitrogens with one attached hydrogen (secondary N) is 1. The molecule has 0 aliphatic heterocycles. The van der Waals surface area contributed by atoms with Crippen molar-refractivity contribution in [2.45, 2.75) is 11.8 Å². The second-order valence-corrected chi connectivity index (χ2v) is 7.67. The predicted molar refractivity (Wildman–Crippen MR) is 98.4 cm³/mol. The van der Waals surface area contributed by atoms with Crippen molar-refractivity contribution in [2.24, 2.45) is 0 Å². The highest BCUT2D eigenvalue weighted by Crippen LogP contribution is 2.17. The molecule has 0 bridgehead atoms. The van der Waals surface area contributed by atoms with Crippen LogP contribution in [0.4, 0.5) is 10.1 Å². The van der Waals surface area contributed by atoms with Gasteiger partial charge in [-0.1, -0.05) is 16.6 Å². The van der Waals surface area contributed by atoms with Crippen LogP contribution in [-0.4, -0.2) is 45.5 Å². The highest BCUT2D eigenvalue weighted by Gasteiger charge is 2.22. The minimum atomic E-state index is -3.94. The standard InChI is InChI=1S/C18H19FN2O6S/c1-12-7-8-16(15(19)9-12)20-17(22)11-27-18(23)13-5-4-6-14(10-13)28(24,25)21(2)26-3/h4-10H,11H2,1-3H3,(H,20,22). The van der Waals surface area contributed by atoms with E-state index in [1.54, 1.807) is 13.0 Å². The molecule has 0 aliphatic rings. The number of benzene rings is 2. The average Bonchev–Trinajstić information content (AvgIpc) is 2.67. The Morgan fingerprint density at radius 1 is 1.18 bits per heavy atom. The zero-order valence-electron chi connectivity index (χ0n) is 15.4. The monoisotopic (exact) mass is 410 g/mol.